The third kappa shape index (κ3) is 3.49. The molecule has 134 valence electrons. The van der Waals surface area contributed by atoms with Crippen LogP contribution < -0.4 is 0 Å². The highest BCUT2D eigenvalue weighted by Crippen LogP contribution is 2.29. The molecule has 0 atom stereocenters. The molecule has 5 nitrogen and oxygen atoms in total. The number of aromatic amines is 1. The normalized spacial score (nSPS) is 15.8. The summed E-state index contributed by atoms with van der Waals surface area (Å²) < 4.78 is 29.7. The number of nitrogens with one attached hydrogen (secondary N) is 1. The highest BCUT2D eigenvalue weighted by molar-refractivity contribution is 7.71. The van der Waals surface area contributed by atoms with Crippen molar-refractivity contribution in [1.82, 2.24) is 19.7 Å². The Balaban J connectivity index is 1.73. The van der Waals surface area contributed by atoms with E-state index in [4.69, 9.17) is 12.2 Å². The van der Waals surface area contributed by atoms with Gasteiger partial charge in [-0.05, 0) is 57.1 Å². The fourth-order valence-corrected chi connectivity index (χ4v) is 3.63. The monoisotopic (exact) mass is 366 g/mol. The summed E-state index contributed by atoms with van der Waals surface area (Å²) in [5, 5.41) is 7.18. The molecule has 1 aromatic heterocycles. The Morgan fingerprint density at radius 1 is 1.32 bits per heavy atom. The smallest absolute Gasteiger partial charge is 0.256 e. The number of amides is 1. The first-order valence-corrected chi connectivity index (χ1v) is 8.70. The third-order valence-electron chi connectivity index (χ3n) is 4.55. The van der Waals surface area contributed by atoms with Crippen LogP contribution in [0.4, 0.5) is 8.78 Å². The van der Waals surface area contributed by atoms with Crippen LogP contribution in [0.15, 0.2) is 18.2 Å². The average Bonchev–Trinajstić information content (AvgIpc) is 2.98. The summed E-state index contributed by atoms with van der Waals surface area (Å²) in [6.45, 7) is 5.02. The fourth-order valence-electron chi connectivity index (χ4n) is 3.28. The zero-order valence-electron chi connectivity index (χ0n) is 14.1. The Hall–Kier alpha value is -2.09. The molecule has 1 aromatic carbocycles. The molecule has 1 saturated heterocycles. The highest BCUT2D eigenvalue weighted by Gasteiger charge is 2.29. The number of carbonyl (C=O) groups excluding carboxylic acids is 1. The number of likely N-dealkylation sites (tertiary alicyclic amines) is 1. The minimum absolute atomic E-state index is 0.178. The van der Waals surface area contributed by atoms with Gasteiger partial charge in [-0.25, -0.2) is 8.78 Å². The SMILES string of the molecule is CC(C)n1c(C2CCN(C(=O)c3cc(F)ccc3F)CC2)n[nH]c1=S. The Morgan fingerprint density at radius 3 is 2.64 bits per heavy atom. The molecular weight excluding hydrogens is 346 g/mol. The van der Waals surface area contributed by atoms with Crippen molar-refractivity contribution in [3.63, 3.8) is 0 Å². The van der Waals surface area contributed by atoms with Gasteiger partial charge in [0.1, 0.15) is 17.5 Å². The number of nitrogens with zero attached hydrogens (tertiary/aromatic N) is 3. The number of carbonyl (C=O) groups is 1. The number of piperidine rings is 1. The summed E-state index contributed by atoms with van der Waals surface area (Å²) in [6, 6.07) is 3.14. The third-order valence-corrected chi connectivity index (χ3v) is 4.84. The zero-order valence-corrected chi connectivity index (χ0v) is 14.9. The van der Waals surface area contributed by atoms with Gasteiger partial charge in [0.05, 0.1) is 5.56 Å². The summed E-state index contributed by atoms with van der Waals surface area (Å²) in [5.74, 6) is -0.722. The molecule has 1 aliphatic heterocycles. The maximum Gasteiger partial charge on any atom is 0.256 e. The van der Waals surface area contributed by atoms with Gasteiger partial charge in [0.2, 0.25) is 0 Å². The maximum atomic E-state index is 13.8. The number of rotatable bonds is 3. The Labute approximate surface area is 149 Å². The van der Waals surface area contributed by atoms with Crippen molar-refractivity contribution in [3.05, 3.63) is 46.0 Å². The van der Waals surface area contributed by atoms with Gasteiger partial charge < -0.3 is 9.47 Å². The molecule has 25 heavy (non-hydrogen) atoms. The van der Waals surface area contributed by atoms with Crippen molar-refractivity contribution in [2.24, 2.45) is 0 Å². The number of hydrogen-bond donors (Lipinski definition) is 1. The van der Waals surface area contributed by atoms with Gasteiger partial charge in [0.25, 0.3) is 5.91 Å². The molecule has 0 spiro atoms. The van der Waals surface area contributed by atoms with Crippen LogP contribution in [0, 0.1) is 16.4 Å². The molecule has 0 saturated carbocycles. The minimum Gasteiger partial charge on any atom is -0.339 e. The molecule has 1 fully saturated rings. The molecule has 3 rings (SSSR count). The number of H-pyrrole nitrogens is 1. The van der Waals surface area contributed by atoms with Crippen molar-refractivity contribution in [2.45, 2.75) is 38.6 Å². The van der Waals surface area contributed by atoms with Crippen LogP contribution >= 0.6 is 12.2 Å². The Kier molecular flexibility index (Phi) is 4.99. The first-order valence-electron chi connectivity index (χ1n) is 8.29. The second kappa shape index (κ2) is 7.03. The van der Waals surface area contributed by atoms with Crippen molar-refractivity contribution >= 4 is 18.1 Å². The van der Waals surface area contributed by atoms with E-state index in [0.717, 1.165) is 24.0 Å². The van der Waals surface area contributed by atoms with E-state index >= 15 is 0 Å². The molecule has 0 radical (unpaired) electrons. The largest absolute Gasteiger partial charge is 0.339 e. The minimum atomic E-state index is -0.700. The second-order valence-corrected chi connectivity index (χ2v) is 6.93. The fraction of sp³-hybridized carbons (Fsp3) is 0.471. The van der Waals surface area contributed by atoms with Crippen molar-refractivity contribution < 1.29 is 13.6 Å². The zero-order chi connectivity index (χ0) is 18.1. The van der Waals surface area contributed by atoms with E-state index in [-0.39, 0.29) is 17.5 Å². The number of aromatic nitrogens is 3. The van der Waals surface area contributed by atoms with Crippen LogP contribution in [0.1, 0.15) is 54.8 Å². The summed E-state index contributed by atoms with van der Waals surface area (Å²) in [7, 11) is 0. The predicted molar refractivity (Wildman–Crippen MR) is 92.0 cm³/mol. The topological polar surface area (TPSA) is 53.9 Å². The van der Waals surface area contributed by atoms with E-state index in [0.29, 0.717) is 30.7 Å². The summed E-state index contributed by atoms with van der Waals surface area (Å²) in [6.07, 6.45) is 1.41. The summed E-state index contributed by atoms with van der Waals surface area (Å²) in [5.41, 5.74) is -0.219. The molecule has 1 amide bonds. The van der Waals surface area contributed by atoms with Crippen LogP contribution in [0.2, 0.25) is 0 Å². The van der Waals surface area contributed by atoms with E-state index in [1.54, 1.807) is 4.90 Å². The lowest BCUT2D eigenvalue weighted by Crippen LogP contribution is -2.38. The lowest BCUT2D eigenvalue weighted by Gasteiger charge is -2.32. The van der Waals surface area contributed by atoms with E-state index in [9.17, 15) is 13.6 Å². The van der Waals surface area contributed by atoms with Gasteiger partial charge in [-0.2, -0.15) is 5.10 Å². The number of hydrogen-bond acceptors (Lipinski definition) is 3. The van der Waals surface area contributed by atoms with Crippen LogP contribution in [0.25, 0.3) is 0 Å². The van der Waals surface area contributed by atoms with Gasteiger partial charge >= 0.3 is 0 Å². The molecule has 2 heterocycles. The Morgan fingerprint density at radius 2 is 2.00 bits per heavy atom. The van der Waals surface area contributed by atoms with Crippen LogP contribution in [0.3, 0.4) is 0 Å². The molecule has 1 N–H and O–H groups in total. The molecule has 0 unspecified atom stereocenters. The van der Waals surface area contributed by atoms with Gasteiger partial charge in [-0.15, -0.1) is 0 Å². The van der Waals surface area contributed by atoms with Gasteiger partial charge in [0, 0.05) is 25.0 Å². The second-order valence-electron chi connectivity index (χ2n) is 6.54. The first kappa shape index (κ1) is 17.7. The lowest BCUT2D eigenvalue weighted by atomic mass is 9.95. The summed E-state index contributed by atoms with van der Waals surface area (Å²) in [4.78, 5) is 14.0. The van der Waals surface area contributed by atoms with Crippen molar-refractivity contribution in [2.75, 3.05) is 13.1 Å². The molecule has 1 aliphatic rings. The van der Waals surface area contributed by atoms with Crippen molar-refractivity contribution in [1.29, 1.82) is 0 Å². The first-order chi connectivity index (χ1) is 11.9. The Bertz CT molecular complexity index is 837. The number of halogens is 2. The molecule has 0 bridgehead atoms. The van der Waals surface area contributed by atoms with E-state index < -0.39 is 17.5 Å². The standard InChI is InChI=1S/C17H20F2N4OS/c1-10(2)23-15(20-21-17(23)25)11-5-7-22(8-6-11)16(24)13-9-12(18)3-4-14(13)19/h3-4,9-11H,5-8H2,1-2H3,(H,21,25). The quantitative estimate of drug-likeness (QED) is 0.840. The highest BCUT2D eigenvalue weighted by atomic mass is 32.1. The van der Waals surface area contributed by atoms with Crippen LogP contribution in [-0.2, 0) is 0 Å². The van der Waals surface area contributed by atoms with Gasteiger partial charge in [-0.3, -0.25) is 9.89 Å². The average molecular weight is 366 g/mol. The maximum absolute atomic E-state index is 13.8. The number of benzene rings is 1. The van der Waals surface area contributed by atoms with E-state index in [1.165, 1.54) is 0 Å². The van der Waals surface area contributed by atoms with Crippen LogP contribution in [0.5, 0.6) is 0 Å². The molecule has 0 aliphatic carbocycles. The summed E-state index contributed by atoms with van der Waals surface area (Å²) >= 11 is 5.28. The lowest BCUT2D eigenvalue weighted by molar-refractivity contribution is 0.0704. The molecule has 8 heteroatoms. The van der Waals surface area contributed by atoms with Crippen molar-refractivity contribution in [3.8, 4) is 0 Å². The molecule has 2 aromatic rings. The van der Waals surface area contributed by atoms with Crippen LogP contribution in [-0.4, -0.2) is 38.7 Å². The molecular formula is C17H20F2N4OS. The van der Waals surface area contributed by atoms with Gasteiger partial charge in [-0.1, -0.05) is 0 Å². The van der Waals surface area contributed by atoms with Gasteiger partial charge in [0.15, 0.2) is 4.77 Å². The van der Waals surface area contributed by atoms with E-state index in [2.05, 4.69) is 10.2 Å². The predicted octanol–water partition coefficient (Wildman–Crippen LogP) is 3.82. The van der Waals surface area contributed by atoms with E-state index in [1.807, 2.05) is 18.4 Å².